The maximum Gasteiger partial charge on any atom is 0.223 e. The lowest BCUT2D eigenvalue weighted by atomic mass is 9.83. The number of hydrogen-bond acceptors (Lipinski definition) is 3. The second-order valence-electron chi connectivity index (χ2n) is 5.70. The van der Waals surface area contributed by atoms with Crippen LogP contribution in [0.1, 0.15) is 55.6 Å². The monoisotopic (exact) mass is 264 g/mol. The molecule has 4 heteroatoms. The van der Waals surface area contributed by atoms with Crippen LogP contribution in [-0.4, -0.2) is 10.9 Å². The van der Waals surface area contributed by atoms with Gasteiger partial charge in [0.1, 0.15) is 5.01 Å². The summed E-state index contributed by atoms with van der Waals surface area (Å²) >= 11 is 1.70. The first kappa shape index (κ1) is 12.2. The van der Waals surface area contributed by atoms with E-state index in [0.717, 1.165) is 36.4 Å². The van der Waals surface area contributed by atoms with Gasteiger partial charge in [-0.05, 0) is 32.6 Å². The van der Waals surface area contributed by atoms with Gasteiger partial charge >= 0.3 is 0 Å². The predicted octanol–water partition coefficient (Wildman–Crippen LogP) is 3.14. The van der Waals surface area contributed by atoms with Gasteiger partial charge in [0.15, 0.2) is 0 Å². The molecule has 1 amide bonds. The molecule has 0 aliphatic heterocycles. The van der Waals surface area contributed by atoms with E-state index < -0.39 is 0 Å². The number of hydrogen-bond donors (Lipinski definition) is 1. The third kappa shape index (κ3) is 2.07. The second kappa shape index (κ2) is 4.65. The molecule has 0 atom stereocenters. The van der Waals surface area contributed by atoms with Crippen molar-refractivity contribution in [3.8, 4) is 0 Å². The van der Waals surface area contributed by atoms with Crippen molar-refractivity contribution >= 4 is 17.2 Å². The molecule has 0 unspecified atom stereocenters. The van der Waals surface area contributed by atoms with Crippen molar-refractivity contribution in [1.82, 2.24) is 10.3 Å². The van der Waals surface area contributed by atoms with Crippen LogP contribution in [0.4, 0.5) is 0 Å². The third-order valence-electron chi connectivity index (χ3n) is 4.32. The lowest BCUT2D eigenvalue weighted by Crippen LogP contribution is -2.47. The Morgan fingerprint density at radius 1 is 1.39 bits per heavy atom. The van der Waals surface area contributed by atoms with Gasteiger partial charge in [-0.3, -0.25) is 4.79 Å². The van der Waals surface area contributed by atoms with Gasteiger partial charge in [0.05, 0.1) is 5.54 Å². The average molecular weight is 264 g/mol. The average Bonchev–Trinajstić information content (AvgIpc) is 2.85. The Morgan fingerprint density at radius 2 is 2.11 bits per heavy atom. The molecule has 0 aromatic carbocycles. The van der Waals surface area contributed by atoms with E-state index in [1.807, 2.05) is 6.92 Å². The van der Waals surface area contributed by atoms with Crippen LogP contribution >= 0.6 is 11.3 Å². The van der Waals surface area contributed by atoms with E-state index in [1.54, 1.807) is 11.3 Å². The molecular weight excluding hydrogens is 244 g/mol. The molecule has 0 radical (unpaired) electrons. The smallest absolute Gasteiger partial charge is 0.223 e. The van der Waals surface area contributed by atoms with Crippen molar-refractivity contribution < 1.29 is 4.79 Å². The Kier molecular flexibility index (Phi) is 3.14. The zero-order valence-corrected chi connectivity index (χ0v) is 11.7. The summed E-state index contributed by atoms with van der Waals surface area (Å²) in [5, 5.41) is 6.54. The normalized spacial score (nSPS) is 22.7. The van der Waals surface area contributed by atoms with Crippen LogP contribution in [0.3, 0.4) is 0 Å². The van der Waals surface area contributed by atoms with E-state index in [1.165, 1.54) is 19.3 Å². The minimum absolute atomic E-state index is 0.147. The highest BCUT2D eigenvalue weighted by molar-refractivity contribution is 7.09. The molecule has 2 aliphatic rings. The van der Waals surface area contributed by atoms with Crippen LogP contribution < -0.4 is 5.32 Å². The summed E-state index contributed by atoms with van der Waals surface area (Å²) in [5.74, 6) is 0.527. The minimum Gasteiger partial charge on any atom is -0.344 e. The van der Waals surface area contributed by atoms with Crippen molar-refractivity contribution in [3.63, 3.8) is 0 Å². The van der Waals surface area contributed by atoms with E-state index in [9.17, 15) is 4.79 Å². The summed E-state index contributed by atoms with van der Waals surface area (Å²) in [4.78, 5) is 16.9. The van der Waals surface area contributed by atoms with Crippen LogP contribution in [0, 0.1) is 12.8 Å². The zero-order chi connectivity index (χ0) is 12.6. The number of thiazole rings is 1. The second-order valence-corrected chi connectivity index (χ2v) is 6.56. The van der Waals surface area contributed by atoms with E-state index in [0.29, 0.717) is 0 Å². The van der Waals surface area contributed by atoms with Gasteiger partial charge in [0, 0.05) is 17.0 Å². The van der Waals surface area contributed by atoms with Gasteiger partial charge < -0.3 is 5.32 Å². The van der Waals surface area contributed by atoms with Crippen molar-refractivity contribution in [2.45, 2.75) is 57.4 Å². The number of aryl methyl sites for hydroxylation is 1. The predicted molar refractivity (Wildman–Crippen MR) is 72.5 cm³/mol. The number of aromatic nitrogens is 1. The van der Waals surface area contributed by atoms with E-state index in [4.69, 9.17) is 0 Å². The highest BCUT2D eigenvalue weighted by Gasteiger charge is 2.41. The molecule has 1 aromatic heterocycles. The van der Waals surface area contributed by atoms with Crippen LogP contribution in [-0.2, 0) is 10.3 Å². The molecule has 3 rings (SSSR count). The summed E-state index contributed by atoms with van der Waals surface area (Å²) in [6.07, 6.45) is 7.85. The molecule has 0 saturated heterocycles. The SMILES string of the molecule is Cc1csc(C2(NC(=O)C3CCC3)CCCC2)n1. The molecule has 0 spiro atoms. The number of amides is 1. The fourth-order valence-corrected chi connectivity index (χ4v) is 3.97. The molecule has 2 saturated carbocycles. The number of carbonyl (C=O) groups is 1. The lowest BCUT2D eigenvalue weighted by Gasteiger charge is -2.33. The Hall–Kier alpha value is -0.900. The fourth-order valence-electron chi connectivity index (χ4n) is 2.95. The van der Waals surface area contributed by atoms with E-state index in [-0.39, 0.29) is 17.4 Å². The van der Waals surface area contributed by atoms with Crippen molar-refractivity contribution in [3.05, 3.63) is 16.1 Å². The molecule has 18 heavy (non-hydrogen) atoms. The lowest BCUT2D eigenvalue weighted by molar-refractivity contribution is -0.129. The highest BCUT2D eigenvalue weighted by Crippen LogP contribution is 2.41. The van der Waals surface area contributed by atoms with Gasteiger partial charge in [0.25, 0.3) is 0 Å². The first-order valence-electron chi connectivity index (χ1n) is 6.94. The molecule has 3 nitrogen and oxygen atoms in total. The number of rotatable bonds is 3. The van der Waals surface area contributed by atoms with Crippen LogP contribution in [0.5, 0.6) is 0 Å². The molecule has 1 heterocycles. The largest absolute Gasteiger partial charge is 0.344 e. The quantitative estimate of drug-likeness (QED) is 0.911. The number of nitrogens with one attached hydrogen (secondary N) is 1. The topological polar surface area (TPSA) is 42.0 Å². The number of nitrogens with zero attached hydrogens (tertiary/aromatic N) is 1. The summed E-state index contributed by atoms with van der Waals surface area (Å²) in [6.45, 7) is 2.02. The first-order valence-corrected chi connectivity index (χ1v) is 7.82. The molecule has 98 valence electrons. The molecule has 1 N–H and O–H groups in total. The minimum atomic E-state index is -0.147. The summed E-state index contributed by atoms with van der Waals surface area (Å²) in [5.41, 5.74) is 0.921. The van der Waals surface area contributed by atoms with Crippen LogP contribution in [0.15, 0.2) is 5.38 Å². The maximum atomic E-state index is 12.2. The summed E-state index contributed by atoms with van der Waals surface area (Å²) < 4.78 is 0. The van der Waals surface area contributed by atoms with Crippen molar-refractivity contribution in [2.24, 2.45) is 5.92 Å². The zero-order valence-electron chi connectivity index (χ0n) is 10.9. The molecule has 0 bridgehead atoms. The van der Waals surface area contributed by atoms with Gasteiger partial charge in [-0.1, -0.05) is 19.3 Å². The fraction of sp³-hybridized carbons (Fsp3) is 0.714. The first-order chi connectivity index (χ1) is 8.70. The molecule has 2 aliphatic carbocycles. The van der Waals surface area contributed by atoms with Crippen LogP contribution in [0.2, 0.25) is 0 Å². The standard InChI is InChI=1S/C14H20N2OS/c1-10-9-18-13(15-10)14(7-2-3-8-14)16-12(17)11-5-4-6-11/h9,11H,2-8H2,1H3,(H,16,17). The highest BCUT2D eigenvalue weighted by atomic mass is 32.1. The summed E-state index contributed by atoms with van der Waals surface area (Å²) in [7, 11) is 0. The maximum absolute atomic E-state index is 12.2. The van der Waals surface area contributed by atoms with Crippen LogP contribution in [0.25, 0.3) is 0 Å². The molecule has 1 aromatic rings. The van der Waals surface area contributed by atoms with Crippen molar-refractivity contribution in [2.75, 3.05) is 0 Å². The Bertz CT molecular complexity index is 444. The van der Waals surface area contributed by atoms with Gasteiger partial charge in [0.2, 0.25) is 5.91 Å². The van der Waals surface area contributed by atoms with E-state index in [2.05, 4.69) is 15.7 Å². The van der Waals surface area contributed by atoms with Gasteiger partial charge in [-0.2, -0.15) is 0 Å². The molecule has 2 fully saturated rings. The Morgan fingerprint density at radius 3 is 2.61 bits per heavy atom. The van der Waals surface area contributed by atoms with E-state index >= 15 is 0 Å². The summed E-state index contributed by atoms with van der Waals surface area (Å²) in [6, 6.07) is 0. The number of carbonyl (C=O) groups excluding carboxylic acids is 1. The third-order valence-corrected chi connectivity index (χ3v) is 5.49. The Balaban J connectivity index is 1.80. The van der Waals surface area contributed by atoms with Gasteiger partial charge in [-0.15, -0.1) is 11.3 Å². The van der Waals surface area contributed by atoms with Gasteiger partial charge in [-0.25, -0.2) is 4.98 Å². The van der Waals surface area contributed by atoms with Crippen molar-refractivity contribution in [1.29, 1.82) is 0 Å². The molecular formula is C14H20N2OS. The Labute approximate surface area is 112 Å².